The largest absolute Gasteiger partial charge is 0.481 e. The Kier molecular flexibility index (Phi) is 5.41. The highest BCUT2D eigenvalue weighted by atomic mass is 32.1. The third-order valence-electron chi connectivity index (χ3n) is 7.49. The molecule has 3 fully saturated rings. The number of carboxylic acids is 1. The van der Waals surface area contributed by atoms with Gasteiger partial charge in [0.2, 0.25) is 5.91 Å². The van der Waals surface area contributed by atoms with Gasteiger partial charge in [-0.15, -0.1) is 5.10 Å². The number of amides is 1. The average Bonchev–Trinajstić information content (AvgIpc) is 3.51. The second-order valence-electron chi connectivity index (χ2n) is 9.49. The summed E-state index contributed by atoms with van der Waals surface area (Å²) in [4.78, 5) is 38.3. The van der Waals surface area contributed by atoms with Gasteiger partial charge in [-0.1, -0.05) is 16.6 Å². The lowest BCUT2D eigenvalue weighted by Crippen LogP contribution is -2.47. The van der Waals surface area contributed by atoms with Gasteiger partial charge in [0.15, 0.2) is 0 Å². The number of carboxylic acid groups (broad SMARTS) is 1. The Labute approximate surface area is 193 Å². The monoisotopic (exact) mass is 477 g/mol. The number of aryl methyl sites for hydroxylation is 1. The predicted molar refractivity (Wildman–Crippen MR) is 116 cm³/mol. The van der Waals surface area contributed by atoms with E-state index >= 15 is 0 Å². The number of thiazole rings is 1. The van der Waals surface area contributed by atoms with Crippen molar-refractivity contribution in [1.29, 1.82) is 0 Å². The summed E-state index contributed by atoms with van der Waals surface area (Å²) in [6.07, 6.45) is 4.11. The molecule has 1 amide bonds. The molecule has 3 aliphatic rings. The van der Waals surface area contributed by atoms with Gasteiger partial charge < -0.3 is 19.8 Å². The first-order chi connectivity index (χ1) is 15.7. The molecule has 1 spiro atoms. The molecule has 0 aromatic carbocycles. The van der Waals surface area contributed by atoms with E-state index < -0.39 is 23.1 Å². The lowest BCUT2D eigenvalue weighted by molar-refractivity contribution is -0.148. The van der Waals surface area contributed by atoms with Crippen molar-refractivity contribution < 1.29 is 24.5 Å². The number of likely N-dealkylation sites (tertiary alicyclic amines) is 1. The molecule has 0 radical (unpaired) electrons. The number of aliphatic hydroxyl groups excluding tert-OH is 1. The van der Waals surface area contributed by atoms with Gasteiger partial charge in [-0.2, -0.15) is 0 Å². The molecule has 4 heterocycles. The van der Waals surface area contributed by atoms with E-state index in [9.17, 15) is 24.6 Å². The van der Waals surface area contributed by atoms with Crippen LogP contribution in [-0.2, 0) is 27.3 Å². The minimum Gasteiger partial charge on any atom is -0.481 e. The lowest BCUT2D eigenvalue weighted by atomic mass is 9.75. The minimum absolute atomic E-state index is 0.0459. The van der Waals surface area contributed by atoms with Gasteiger partial charge in [0, 0.05) is 36.8 Å². The summed E-state index contributed by atoms with van der Waals surface area (Å²) in [6.45, 7) is 2.36. The standard InChI is InChI=1S/C21H27N5O6S/c1-13-11-33-19(31)25(13)9-16(27)24-6-5-20(12-24,18(29)30)7-14-8-26(23-22-14)15-10-32-21(17(15)28)3-2-4-21/h8,11,15,17,28H,2-7,9-10,12H2,1H3,(H,29,30)/t15-,17+,20?/m1/s1. The predicted octanol–water partition coefficient (Wildman–Crippen LogP) is 0.211. The van der Waals surface area contributed by atoms with E-state index in [0.29, 0.717) is 24.5 Å². The van der Waals surface area contributed by atoms with Crippen molar-refractivity contribution in [1.82, 2.24) is 24.5 Å². The first-order valence-electron chi connectivity index (χ1n) is 11.1. The lowest BCUT2D eigenvalue weighted by Gasteiger charge is -2.40. The fourth-order valence-electron chi connectivity index (χ4n) is 5.18. The van der Waals surface area contributed by atoms with Crippen molar-refractivity contribution >= 4 is 23.2 Å². The molecule has 2 N–H and O–H groups in total. The summed E-state index contributed by atoms with van der Waals surface area (Å²) in [5, 5.41) is 30.8. The van der Waals surface area contributed by atoms with Crippen LogP contribution in [0.5, 0.6) is 0 Å². The summed E-state index contributed by atoms with van der Waals surface area (Å²) in [6, 6.07) is -0.346. The third kappa shape index (κ3) is 3.69. The van der Waals surface area contributed by atoms with Crippen LogP contribution in [-0.4, -0.2) is 78.0 Å². The van der Waals surface area contributed by atoms with E-state index in [2.05, 4.69) is 10.3 Å². The van der Waals surface area contributed by atoms with Crippen molar-refractivity contribution in [3.63, 3.8) is 0 Å². The molecular weight excluding hydrogens is 450 g/mol. The molecular formula is C21H27N5O6S. The molecule has 1 saturated carbocycles. The Morgan fingerprint density at radius 1 is 1.33 bits per heavy atom. The van der Waals surface area contributed by atoms with E-state index in [1.807, 2.05) is 0 Å². The summed E-state index contributed by atoms with van der Waals surface area (Å²) in [7, 11) is 0. The minimum atomic E-state index is -1.18. The van der Waals surface area contributed by atoms with Crippen LogP contribution < -0.4 is 4.87 Å². The summed E-state index contributed by atoms with van der Waals surface area (Å²) in [5.41, 5.74) is -0.446. The van der Waals surface area contributed by atoms with Crippen molar-refractivity contribution in [3.05, 3.63) is 32.6 Å². The smallest absolute Gasteiger partial charge is 0.311 e. The molecule has 2 aromatic rings. The van der Waals surface area contributed by atoms with Crippen LogP contribution in [0.1, 0.15) is 43.1 Å². The Hall–Kier alpha value is -2.57. The van der Waals surface area contributed by atoms with Crippen LogP contribution in [0.4, 0.5) is 0 Å². The molecule has 12 heteroatoms. The summed E-state index contributed by atoms with van der Waals surface area (Å²) < 4.78 is 8.84. The zero-order valence-corrected chi connectivity index (χ0v) is 19.2. The SMILES string of the molecule is Cc1csc(=O)n1CC(=O)N1CCC(Cc2cn([C@@H]3COC4(CCC4)[C@H]3O)nn2)(C(=O)O)C1. The zero-order valence-electron chi connectivity index (χ0n) is 18.3. The zero-order chi connectivity index (χ0) is 23.4. The Bertz CT molecular complexity index is 1140. The molecule has 1 unspecified atom stereocenters. The normalized spacial score (nSPS) is 28.4. The highest BCUT2D eigenvalue weighted by molar-refractivity contribution is 7.07. The van der Waals surface area contributed by atoms with Crippen LogP contribution in [0, 0.1) is 12.3 Å². The molecule has 0 bridgehead atoms. The van der Waals surface area contributed by atoms with Crippen LogP contribution in [0.15, 0.2) is 16.4 Å². The van der Waals surface area contributed by atoms with Gasteiger partial charge in [0.05, 0.1) is 23.3 Å². The number of hydrogen-bond donors (Lipinski definition) is 2. The van der Waals surface area contributed by atoms with Gasteiger partial charge >= 0.3 is 10.8 Å². The van der Waals surface area contributed by atoms with Crippen LogP contribution in [0.3, 0.4) is 0 Å². The molecule has 2 aromatic heterocycles. The fourth-order valence-corrected chi connectivity index (χ4v) is 5.91. The molecule has 1 aliphatic carbocycles. The number of rotatable bonds is 6. The van der Waals surface area contributed by atoms with Crippen molar-refractivity contribution in [2.45, 2.75) is 63.3 Å². The maximum atomic E-state index is 12.8. The Morgan fingerprint density at radius 3 is 2.73 bits per heavy atom. The molecule has 3 atom stereocenters. The van der Waals surface area contributed by atoms with Crippen molar-refractivity contribution in [2.24, 2.45) is 5.41 Å². The number of aliphatic carboxylic acids is 1. The first kappa shape index (κ1) is 22.2. The molecule has 178 valence electrons. The Morgan fingerprint density at radius 2 is 2.12 bits per heavy atom. The van der Waals surface area contributed by atoms with Crippen molar-refractivity contribution in [2.75, 3.05) is 19.7 Å². The number of nitrogens with zero attached hydrogens (tertiary/aromatic N) is 5. The quantitative estimate of drug-likeness (QED) is 0.602. The van der Waals surface area contributed by atoms with Crippen molar-refractivity contribution in [3.8, 4) is 0 Å². The molecule has 5 rings (SSSR count). The van der Waals surface area contributed by atoms with Gasteiger partial charge in [-0.25, -0.2) is 4.68 Å². The van der Waals surface area contributed by atoms with E-state index in [-0.39, 0.29) is 42.8 Å². The van der Waals surface area contributed by atoms with E-state index in [0.717, 1.165) is 30.6 Å². The van der Waals surface area contributed by atoms with E-state index in [4.69, 9.17) is 4.74 Å². The van der Waals surface area contributed by atoms with Gasteiger partial charge in [0.25, 0.3) is 0 Å². The van der Waals surface area contributed by atoms with E-state index in [1.54, 1.807) is 23.2 Å². The topological polar surface area (TPSA) is 140 Å². The Balaban J connectivity index is 1.28. The summed E-state index contributed by atoms with van der Waals surface area (Å²) in [5.74, 6) is -1.27. The number of hydrogen-bond acceptors (Lipinski definition) is 8. The van der Waals surface area contributed by atoms with Crippen LogP contribution in [0.2, 0.25) is 0 Å². The number of carbonyl (C=O) groups excluding carboxylic acids is 1. The average molecular weight is 478 g/mol. The van der Waals surface area contributed by atoms with Gasteiger partial charge in [-0.05, 0) is 32.6 Å². The number of aromatic nitrogens is 4. The second-order valence-corrected chi connectivity index (χ2v) is 10.3. The van der Waals surface area contributed by atoms with Crippen LogP contribution in [0.25, 0.3) is 0 Å². The molecule has 2 aliphatic heterocycles. The highest BCUT2D eigenvalue weighted by Crippen LogP contribution is 2.47. The molecule has 11 nitrogen and oxygen atoms in total. The maximum absolute atomic E-state index is 12.8. The maximum Gasteiger partial charge on any atom is 0.311 e. The van der Waals surface area contributed by atoms with Crippen LogP contribution >= 0.6 is 11.3 Å². The second kappa shape index (κ2) is 8.03. The first-order valence-corrected chi connectivity index (χ1v) is 12.0. The molecule has 33 heavy (non-hydrogen) atoms. The number of carbonyl (C=O) groups is 2. The fraction of sp³-hybridized carbons (Fsp3) is 0.667. The van der Waals surface area contributed by atoms with Gasteiger partial charge in [-0.3, -0.25) is 19.0 Å². The third-order valence-corrected chi connectivity index (χ3v) is 8.37. The number of ether oxygens (including phenoxy) is 1. The molecule has 2 saturated heterocycles. The number of aliphatic hydroxyl groups is 1. The van der Waals surface area contributed by atoms with Gasteiger partial charge in [0.1, 0.15) is 18.7 Å². The highest BCUT2D eigenvalue weighted by Gasteiger charge is 2.54. The van der Waals surface area contributed by atoms with E-state index in [1.165, 1.54) is 9.47 Å². The summed E-state index contributed by atoms with van der Waals surface area (Å²) >= 11 is 1.04.